The van der Waals surface area contributed by atoms with Crippen LogP contribution in [0.3, 0.4) is 0 Å². The molecule has 0 saturated carbocycles. The molecule has 8 heteroatoms. The lowest BCUT2D eigenvalue weighted by molar-refractivity contribution is -0.127. The lowest BCUT2D eigenvalue weighted by atomic mass is 10.0. The molecule has 8 nitrogen and oxygen atoms in total. The number of morpholine rings is 1. The van der Waals surface area contributed by atoms with Gasteiger partial charge in [0.15, 0.2) is 5.96 Å². The first-order valence-electron chi connectivity index (χ1n) is 10.1. The van der Waals surface area contributed by atoms with E-state index in [9.17, 15) is 4.79 Å². The molecule has 2 N–H and O–H groups in total. The normalized spacial score (nSPS) is 22.7. The van der Waals surface area contributed by atoms with E-state index < -0.39 is 0 Å². The van der Waals surface area contributed by atoms with E-state index in [0.29, 0.717) is 23.8 Å². The Balaban J connectivity index is 1.92. The Morgan fingerprint density at radius 2 is 1.93 bits per heavy atom. The maximum atomic E-state index is 11.9. The van der Waals surface area contributed by atoms with Crippen LogP contribution in [-0.2, 0) is 14.3 Å². The lowest BCUT2D eigenvalue weighted by Gasteiger charge is -2.37. The predicted octanol–water partition coefficient (Wildman–Crippen LogP) is 0.00310. The highest BCUT2D eigenvalue weighted by molar-refractivity contribution is 5.84. The number of hydrogen-bond acceptors (Lipinski definition) is 5. The zero-order valence-electron chi connectivity index (χ0n) is 17.4. The van der Waals surface area contributed by atoms with Crippen LogP contribution >= 0.6 is 0 Å². The van der Waals surface area contributed by atoms with Crippen molar-refractivity contribution in [1.29, 1.82) is 0 Å². The van der Waals surface area contributed by atoms with E-state index in [2.05, 4.69) is 34.4 Å². The van der Waals surface area contributed by atoms with Crippen LogP contribution in [0.4, 0.5) is 0 Å². The average Bonchev–Trinajstić information content (AvgIpc) is 3.17. The average molecular weight is 384 g/mol. The summed E-state index contributed by atoms with van der Waals surface area (Å²) >= 11 is 0. The summed E-state index contributed by atoms with van der Waals surface area (Å²) < 4.78 is 10.9. The van der Waals surface area contributed by atoms with Gasteiger partial charge in [0.1, 0.15) is 6.54 Å². The fourth-order valence-electron chi connectivity index (χ4n) is 3.34. The van der Waals surface area contributed by atoms with E-state index in [4.69, 9.17) is 9.47 Å². The molecule has 0 bridgehead atoms. The van der Waals surface area contributed by atoms with Crippen molar-refractivity contribution in [1.82, 2.24) is 20.4 Å². The quantitative estimate of drug-likeness (QED) is 0.454. The number of guanidine groups is 1. The molecule has 0 aromatic heterocycles. The van der Waals surface area contributed by atoms with Gasteiger partial charge in [-0.1, -0.05) is 13.8 Å². The molecule has 0 aromatic carbocycles. The molecule has 0 spiro atoms. The van der Waals surface area contributed by atoms with Gasteiger partial charge in [-0.15, -0.1) is 0 Å². The van der Waals surface area contributed by atoms with Crippen molar-refractivity contribution in [3.05, 3.63) is 0 Å². The number of nitrogens with zero attached hydrogens (tertiary/aromatic N) is 3. The van der Waals surface area contributed by atoms with Gasteiger partial charge in [-0.25, -0.2) is 4.99 Å². The second-order valence-electron chi connectivity index (χ2n) is 7.90. The van der Waals surface area contributed by atoms with Gasteiger partial charge in [-0.05, 0) is 12.3 Å². The maximum absolute atomic E-state index is 11.9. The molecule has 2 aliphatic heterocycles. The van der Waals surface area contributed by atoms with Crippen molar-refractivity contribution in [2.24, 2.45) is 16.8 Å². The molecule has 2 saturated heterocycles. The van der Waals surface area contributed by atoms with Crippen LogP contribution in [0.5, 0.6) is 0 Å². The van der Waals surface area contributed by atoms with Gasteiger partial charge >= 0.3 is 0 Å². The Morgan fingerprint density at radius 1 is 1.19 bits per heavy atom. The van der Waals surface area contributed by atoms with Crippen LogP contribution in [-0.4, -0.2) is 101 Å². The minimum Gasteiger partial charge on any atom is -0.381 e. The molecule has 2 heterocycles. The van der Waals surface area contributed by atoms with Gasteiger partial charge < -0.3 is 25.0 Å². The van der Waals surface area contributed by atoms with Crippen LogP contribution in [0.1, 0.15) is 20.3 Å². The molecule has 0 aliphatic carbocycles. The summed E-state index contributed by atoms with van der Waals surface area (Å²) in [5.41, 5.74) is 0. The van der Waals surface area contributed by atoms with E-state index >= 15 is 0 Å². The number of amides is 1. The van der Waals surface area contributed by atoms with Crippen molar-refractivity contribution in [2.75, 3.05) is 73.2 Å². The molecule has 0 aromatic rings. The van der Waals surface area contributed by atoms with Crippen LogP contribution in [0, 0.1) is 11.8 Å². The topological polar surface area (TPSA) is 78.4 Å². The number of aliphatic imine (C=N–C) groups is 1. The van der Waals surface area contributed by atoms with E-state index in [1.54, 1.807) is 19.0 Å². The summed E-state index contributed by atoms with van der Waals surface area (Å²) in [7, 11) is 3.50. The van der Waals surface area contributed by atoms with Gasteiger partial charge in [-0.3, -0.25) is 9.69 Å². The van der Waals surface area contributed by atoms with E-state index in [1.807, 2.05) is 0 Å². The maximum Gasteiger partial charge on any atom is 0.243 e. The van der Waals surface area contributed by atoms with Gasteiger partial charge in [0.05, 0.1) is 19.8 Å². The highest BCUT2D eigenvalue weighted by atomic mass is 16.5. The Labute approximate surface area is 163 Å². The summed E-state index contributed by atoms with van der Waals surface area (Å²) in [6, 6.07) is 0.403. The number of rotatable bonds is 8. The predicted molar refractivity (Wildman–Crippen MR) is 107 cm³/mol. The van der Waals surface area contributed by atoms with Crippen LogP contribution in [0.25, 0.3) is 0 Å². The zero-order valence-corrected chi connectivity index (χ0v) is 17.4. The fourth-order valence-corrected chi connectivity index (χ4v) is 3.34. The molecule has 2 rings (SSSR count). The van der Waals surface area contributed by atoms with Crippen LogP contribution in [0.15, 0.2) is 4.99 Å². The molecular formula is C19H37N5O3. The number of hydrogen-bond donors (Lipinski definition) is 2. The number of likely N-dealkylation sites (N-methyl/N-ethyl adjacent to an activating group) is 1. The van der Waals surface area contributed by atoms with Gasteiger partial charge in [0, 0.05) is 58.8 Å². The number of carbonyl (C=O) groups excluding carboxylic acids is 1. The highest BCUT2D eigenvalue weighted by Crippen LogP contribution is 2.13. The second kappa shape index (κ2) is 11.5. The Hall–Kier alpha value is -1.38. The minimum absolute atomic E-state index is 0.00566. The highest BCUT2D eigenvalue weighted by Gasteiger charge is 2.24. The Morgan fingerprint density at radius 3 is 2.52 bits per heavy atom. The van der Waals surface area contributed by atoms with Crippen molar-refractivity contribution in [3.8, 4) is 0 Å². The second-order valence-corrected chi connectivity index (χ2v) is 7.90. The summed E-state index contributed by atoms with van der Waals surface area (Å²) in [6.07, 6.45) is 1.07. The smallest absolute Gasteiger partial charge is 0.243 e. The zero-order chi connectivity index (χ0) is 19.6. The minimum atomic E-state index is -0.00566. The van der Waals surface area contributed by atoms with Gasteiger partial charge in [-0.2, -0.15) is 0 Å². The summed E-state index contributed by atoms with van der Waals surface area (Å²) in [6.45, 7) is 11.4. The molecule has 2 fully saturated rings. The van der Waals surface area contributed by atoms with Crippen molar-refractivity contribution >= 4 is 11.9 Å². The first-order chi connectivity index (χ1) is 13.0. The fraction of sp³-hybridized carbons (Fsp3) is 0.895. The summed E-state index contributed by atoms with van der Waals surface area (Å²) in [4.78, 5) is 20.5. The first-order valence-corrected chi connectivity index (χ1v) is 10.1. The van der Waals surface area contributed by atoms with E-state index in [1.165, 1.54) is 0 Å². The standard InChI is InChI=1S/C19H37N5O3/c1-15(2)17(24-6-9-26-10-7-24)12-21-19(22-13-18(25)23(3)4)20-11-16-5-8-27-14-16/h15-17H,5-14H2,1-4H3,(H2,20,21,22). The summed E-state index contributed by atoms with van der Waals surface area (Å²) in [5, 5.41) is 6.86. The molecular weight excluding hydrogens is 346 g/mol. The monoisotopic (exact) mass is 383 g/mol. The molecule has 27 heavy (non-hydrogen) atoms. The van der Waals surface area contributed by atoms with E-state index in [-0.39, 0.29) is 12.5 Å². The molecule has 2 unspecified atom stereocenters. The largest absolute Gasteiger partial charge is 0.381 e. The number of nitrogens with one attached hydrogen (secondary N) is 2. The van der Waals surface area contributed by atoms with Crippen molar-refractivity contribution < 1.29 is 14.3 Å². The van der Waals surface area contributed by atoms with Crippen molar-refractivity contribution in [2.45, 2.75) is 26.3 Å². The molecule has 1 amide bonds. The molecule has 2 atom stereocenters. The molecule has 0 radical (unpaired) electrons. The third-order valence-electron chi connectivity index (χ3n) is 5.22. The van der Waals surface area contributed by atoms with Crippen molar-refractivity contribution in [3.63, 3.8) is 0 Å². The van der Waals surface area contributed by atoms with Crippen LogP contribution in [0.2, 0.25) is 0 Å². The van der Waals surface area contributed by atoms with Gasteiger partial charge in [0.25, 0.3) is 0 Å². The molecule has 2 aliphatic rings. The van der Waals surface area contributed by atoms with E-state index in [0.717, 1.165) is 59.0 Å². The van der Waals surface area contributed by atoms with Crippen LogP contribution < -0.4 is 10.6 Å². The SMILES string of the molecule is CC(C)C(CNC(=NCC(=O)N(C)C)NCC1CCOC1)N1CCOCC1. The van der Waals surface area contributed by atoms with Gasteiger partial charge in [0.2, 0.25) is 5.91 Å². The Bertz CT molecular complexity index is 472. The first kappa shape index (κ1) is 21.9. The Kier molecular flexibility index (Phi) is 9.30. The number of carbonyl (C=O) groups is 1. The lowest BCUT2D eigenvalue weighted by Crippen LogP contribution is -2.53. The number of ether oxygens (including phenoxy) is 2. The third kappa shape index (κ3) is 7.63. The third-order valence-corrected chi connectivity index (χ3v) is 5.22. The molecule has 156 valence electrons. The summed E-state index contributed by atoms with van der Waals surface area (Å²) in [5.74, 6) is 1.72.